The number of carbonyl (C=O) groups excluding carboxylic acids is 1. The van der Waals surface area contributed by atoms with Gasteiger partial charge in [-0.05, 0) is 19.9 Å². The summed E-state index contributed by atoms with van der Waals surface area (Å²) in [5, 5.41) is 0. The van der Waals surface area contributed by atoms with Gasteiger partial charge in [0.15, 0.2) is 0 Å². The van der Waals surface area contributed by atoms with Crippen LogP contribution in [-0.2, 0) is 9.53 Å². The van der Waals surface area contributed by atoms with Gasteiger partial charge in [-0.3, -0.25) is 4.79 Å². The monoisotopic (exact) mass is 185 g/mol. The van der Waals surface area contributed by atoms with E-state index in [0.29, 0.717) is 5.92 Å². The fraction of sp³-hybridized carbons (Fsp3) is 0.900. The lowest BCUT2D eigenvalue weighted by atomic mass is 9.78. The van der Waals surface area contributed by atoms with Crippen LogP contribution in [0.5, 0.6) is 0 Å². The lowest BCUT2D eigenvalue weighted by molar-refractivity contribution is -0.153. The summed E-state index contributed by atoms with van der Waals surface area (Å²) in [4.78, 5) is 13.8. The molecule has 0 spiro atoms. The van der Waals surface area contributed by atoms with Gasteiger partial charge in [0.05, 0.1) is 12.5 Å². The molecule has 13 heavy (non-hydrogen) atoms. The molecule has 3 nitrogen and oxygen atoms in total. The summed E-state index contributed by atoms with van der Waals surface area (Å²) in [7, 11) is 3.52. The SMILES string of the molecule is CC[C@@H]1CN(C)C[C@@]1(C)C(=O)OC. The van der Waals surface area contributed by atoms with Crippen molar-refractivity contribution in [2.24, 2.45) is 11.3 Å². The molecule has 1 aliphatic rings. The van der Waals surface area contributed by atoms with E-state index in [2.05, 4.69) is 18.9 Å². The number of carbonyl (C=O) groups is 1. The Bertz CT molecular complexity index is 205. The molecular formula is C10H19NO2. The summed E-state index contributed by atoms with van der Waals surface area (Å²) in [6.45, 7) is 5.96. The van der Waals surface area contributed by atoms with Gasteiger partial charge in [-0.15, -0.1) is 0 Å². The molecule has 1 fully saturated rings. The average molecular weight is 185 g/mol. The molecular weight excluding hydrogens is 166 g/mol. The van der Waals surface area contributed by atoms with Crippen molar-refractivity contribution in [3.05, 3.63) is 0 Å². The molecule has 1 aliphatic heterocycles. The van der Waals surface area contributed by atoms with Crippen LogP contribution < -0.4 is 0 Å². The van der Waals surface area contributed by atoms with Crippen LogP contribution in [0.3, 0.4) is 0 Å². The van der Waals surface area contributed by atoms with Crippen LogP contribution in [-0.4, -0.2) is 38.1 Å². The van der Waals surface area contributed by atoms with Crippen molar-refractivity contribution in [1.82, 2.24) is 4.90 Å². The van der Waals surface area contributed by atoms with E-state index in [0.717, 1.165) is 19.5 Å². The van der Waals surface area contributed by atoms with Gasteiger partial charge >= 0.3 is 5.97 Å². The maximum Gasteiger partial charge on any atom is 0.313 e. The summed E-state index contributed by atoms with van der Waals surface area (Å²) in [5.74, 6) is 0.369. The zero-order valence-electron chi connectivity index (χ0n) is 8.96. The first kappa shape index (κ1) is 10.5. The van der Waals surface area contributed by atoms with Gasteiger partial charge in [0, 0.05) is 13.1 Å². The highest BCUT2D eigenvalue weighted by molar-refractivity contribution is 5.77. The van der Waals surface area contributed by atoms with E-state index in [4.69, 9.17) is 4.74 Å². The van der Waals surface area contributed by atoms with Crippen LogP contribution in [0.15, 0.2) is 0 Å². The zero-order chi connectivity index (χ0) is 10.1. The number of ether oxygens (including phenoxy) is 1. The molecule has 2 atom stereocenters. The number of hydrogen-bond acceptors (Lipinski definition) is 3. The number of esters is 1. The molecule has 76 valence electrons. The highest BCUT2D eigenvalue weighted by Crippen LogP contribution is 2.37. The molecule has 0 radical (unpaired) electrons. The zero-order valence-corrected chi connectivity index (χ0v) is 8.96. The lowest BCUT2D eigenvalue weighted by Gasteiger charge is -2.26. The second kappa shape index (κ2) is 3.66. The summed E-state index contributed by atoms with van der Waals surface area (Å²) in [5.41, 5.74) is -0.293. The van der Waals surface area contributed by atoms with Gasteiger partial charge < -0.3 is 9.64 Å². The lowest BCUT2D eigenvalue weighted by Crippen LogP contribution is -2.36. The number of rotatable bonds is 2. The van der Waals surface area contributed by atoms with E-state index < -0.39 is 0 Å². The van der Waals surface area contributed by atoms with Crippen molar-refractivity contribution in [1.29, 1.82) is 0 Å². The molecule has 0 aliphatic carbocycles. The summed E-state index contributed by atoms with van der Waals surface area (Å²) in [6, 6.07) is 0. The molecule has 0 aromatic rings. The van der Waals surface area contributed by atoms with E-state index in [1.807, 2.05) is 6.92 Å². The molecule has 0 unspecified atom stereocenters. The van der Waals surface area contributed by atoms with Crippen molar-refractivity contribution < 1.29 is 9.53 Å². The quantitative estimate of drug-likeness (QED) is 0.604. The Morgan fingerprint density at radius 2 is 2.31 bits per heavy atom. The maximum absolute atomic E-state index is 11.6. The second-order valence-corrected chi connectivity index (χ2v) is 4.21. The largest absolute Gasteiger partial charge is 0.469 e. The molecule has 1 rings (SSSR count). The van der Waals surface area contributed by atoms with Crippen molar-refractivity contribution in [3.63, 3.8) is 0 Å². The Labute approximate surface area is 80.1 Å². The van der Waals surface area contributed by atoms with Crippen molar-refractivity contribution >= 4 is 5.97 Å². The number of hydrogen-bond donors (Lipinski definition) is 0. The van der Waals surface area contributed by atoms with Crippen LogP contribution in [0.25, 0.3) is 0 Å². The summed E-state index contributed by atoms with van der Waals surface area (Å²) >= 11 is 0. The molecule has 0 aromatic carbocycles. The average Bonchev–Trinajstić information content (AvgIpc) is 2.40. The molecule has 1 saturated heterocycles. The first-order chi connectivity index (χ1) is 6.04. The third-order valence-electron chi connectivity index (χ3n) is 3.18. The van der Waals surface area contributed by atoms with E-state index in [1.165, 1.54) is 7.11 Å². The van der Waals surface area contributed by atoms with Crippen LogP contribution in [0.1, 0.15) is 20.3 Å². The fourth-order valence-corrected chi connectivity index (χ4v) is 2.38. The topological polar surface area (TPSA) is 29.5 Å². The summed E-state index contributed by atoms with van der Waals surface area (Å²) < 4.78 is 4.85. The maximum atomic E-state index is 11.6. The minimum Gasteiger partial charge on any atom is -0.469 e. The smallest absolute Gasteiger partial charge is 0.313 e. The predicted molar refractivity (Wildman–Crippen MR) is 51.4 cm³/mol. The van der Waals surface area contributed by atoms with E-state index in [1.54, 1.807) is 0 Å². The Kier molecular flexibility index (Phi) is 2.96. The molecule has 0 saturated carbocycles. The molecule has 0 N–H and O–H groups in total. The molecule has 0 amide bonds. The van der Waals surface area contributed by atoms with Crippen LogP contribution in [0.2, 0.25) is 0 Å². The first-order valence-corrected chi connectivity index (χ1v) is 4.81. The number of likely N-dealkylation sites (tertiary alicyclic amines) is 1. The second-order valence-electron chi connectivity index (χ2n) is 4.21. The van der Waals surface area contributed by atoms with Gasteiger partial charge in [-0.1, -0.05) is 13.3 Å². The Balaban J connectivity index is 2.81. The number of methoxy groups -OCH3 is 1. The van der Waals surface area contributed by atoms with Gasteiger partial charge in [-0.2, -0.15) is 0 Å². The van der Waals surface area contributed by atoms with E-state index in [9.17, 15) is 4.79 Å². The minimum absolute atomic E-state index is 0.0660. The number of nitrogens with zero attached hydrogens (tertiary/aromatic N) is 1. The first-order valence-electron chi connectivity index (χ1n) is 4.81. The normalized spacial score (nSPS) is 34.9. The third kappa shape index (κ3) is 1.70. The highest BCUT2D eigenvalue weighted by Gasteiger charge is 2.47. The van der Waals surface area contributed by atoms with Gasteiger partial charge in [-0.25, -0.2) is 0 Å². The minimum atomic E-state index is -0.293. The predicted octanol–water partition coefficient (Wildman–Crippen LogP) is 1.14. The van der Waals surface area contributed by atoms with Gasteiger partial charge in [0.1, 0.15) is 0 Å². The highest BCUT2D eigenvalue weighted by atomic mass is 16.5. The van der Waals surface area contributed by atoms with E-state index >= 15 is 0 Å². The molecule has 0 bridgehead atoms. The van der Waals surface area contributed by atoms with E-state index in [-0.39, 0.29) is 11.4 Å². The molecule has 1 heterocycles. The Morgan fingerprint density at radius 1 is 1.69 bits per heavy atom. The van der Waals surface area contributed by atoms with Gasteiger partial charge in [0.25, 0.3) is 0 Å². The van der Waals surface area contributed by atoms with Gasteiger partial charge in [0.2, 0.25) is 0 Å². The standard InChI is InChI=1S/C10H19NO2/c1-5-8-6-11(3)7-10(8,2)9(12)13-4/h8H,5-7H2,1-4H3/t8-,10-/m1/s1. The Hall–Kier alpha value is -0.570. The van der Waals surface area contributed by atoms with Crippen LogP contribution >= 0.6 is 0 Å². The third-order valence-corrected chi connectivity index (χ3v) is 3.18. The van der Waals surface area contributed by atoms with Crippen molar-refractivity contribution in [3.8, 4) is 0 Å². The van der Waals surface area contributed by atoms with Crippen molar-refractivity contribution in [2.75, 3.05) is 27.2 Å². The fourth-order valence-electron chi connectivity index (χ4n) is 2.38. The van der Waals surface area contributed by atoms with Crippen molar-refractivity contribution in [2.45, 2.75) is 20.3 Å². The summed E-state index contributed by atoms with van der Waals surface area (Å²) in [6.07, 6.45) is 1.04. The van der Waals surface area contributed by atoms with Crippen LogP contribution in [0, 0.1) is 11.3 Å². The van der Waals surface area contributed by atoms with Crippen LogP contribution in [0.4, 0.5) is 0 Å². The Morgan fingerprint density at radius 3 is 2.77 bits per heavy atom. The molecule has 0 aromatic heterocycles. The molecule has 3 heteroatoms.